The number of halogens is 1. The zero-order valence-electron chi connectivity index (χ0n) is 15.9. The van der Waals surface area contributed by atoms with Gasteiger partial charge in [-0.3, -0.25) is 9.69 Å². The lowest BCUT2D eigenvalue weighted by Gasteiger charge is -2.14. The maximum absolute atomic E-state index is 12.4. The zero-order valence-corrected chi connectivity index (χ0v) is 18.3. The van der Waals surface area contributed by atoms with E-state index in [4.69, 9.17) is 21.7 Å². The summed E-state index contributed by atoms with van der Waals surface area (Å²) in [6.07, 6.45) is 1.80. The number of hydrogen-bond acceptors (Lipinski definition) is 4. The summed E-state index contributed by atoms with van der Waals surface area (Å²) in [6, 6.07) is 13.6. The van der Waals surface area contributed by atoms with Crippen LogP contribution in [-0.4, -0.2) is 41.5 Å². The van der Waals surface area contributed by atoms with Crippen molar-refractivity contribution < 1.29 is 14.3 Å². The van der Waals surface area contributed by atoms with Crippen LogP contribution < -0.4 is 9.47 Å². The molecule has 5 nitrogen and oxygen atoms in total. The van der Waals surface area contributed by atoms with Crippen LogP contribution in [0.25, 0.3) is 6.08 Å². The molecule has 0 bridgehead atoms. The molecule has 0 unspecified atom stereocenters. The van der Waals surface area contributed by atoms with Crippen LogP contribution in [0.1, 0.15) is 18.1 Å². The SMILES string of the molecule is CCOc1cc(C=C2C(=O)N(C)C(=S)N2C)ccc1OCc1ccc(Br)cc1. The van der Waals surface area contributed by atoms with Crippen LogP contribution in [0.5, 0.6) is 11.5 Å². The quantitative estimate of drug-likeness (QED) is 0.470. The summed E-state index contributed by atoms with van der Waals surface area (Å²) in [5, 5.41) is 0.482. The van der Waals surface area contributed by atoms with Gasteiger partial charge in [0.2, 0.25) is 0 Å². The van der Waals surface area contributed by atoms with Crippen molar-refractivity contribution in [3.8, 4) is 11.5 Å². The van der Waals surface area contributed by atoms with Crippen molar-refractivity contribution in [3.63, 3.8) is 0 Å². The molecule has 1 aliphatic heterocycles. The second-order valence-electron chi connectivity index (χ2n) is 6.29. The van der Waals surface area contributed by atoms with Crippen molar-refractivity contribution in [3.05, 3.63) is 63.8 Å². The van der Waals surface area contributed by atoms with Crippen LogP contribution in [0, 0.1) is 0 Å². The number of likely N-dealkylation sites (N-methyl/N-ethyl adjacent to an activating group) is 2. The Bertz CT molecular complexity index is 928. The van der Waals surface area contributed by atoms with E-state index in [0.29, 0.717) is 35.5 Å². The van der Waals surface area contributed by atoms with Crippen LogP contribution >= 0.6 is 28.1 Å². The molecular weight excluding hydrogens is 440 g/mol. The number of amides is 1. The monoisotopic (exact) mass is 460 g/mol. The summed E-state index contributed by atoms with van der Waals surface area (Å²) < 4.78 is 12.7. The predicted molar refractivity (Wildman–Crippen MR) is 117 cm³/mol. The molecule has 1 aliphatic rings. The van der Waals surface area contributed by atoms with E-state index in [9.17, 15) is 4.79 Å². The Labute approximate surface area is 178 Å². The average molecular weight is 461 g/mol. The number of ether oxygens (including phenoxy) is 2. The minimum atomic E-state index is -0.124. The molecule has 0 saturated carbocycles. The fourth-order valence-electron chi connectivity index (χ4n) is 2.79. The first-order chi connectivity index (χ1) is 13.4. The molecule has 146 valence electrons. The number of thiocarbonyl (C=S) groups is 1. The third kappa shape index (κ3) is 4.36. The van der Waals surface area contributed by atoms with E-state index in [1.807, 2.05) is 49.4 Å². The highest BCUT2D eigenvalue weighted by molar-refractivity contribution is 9.10. The predicted octanol–water partition coefficient (Wildman–Crippen LogP) is 4.46. The van der Waals surface area contributed by atoms with Gasteiger partial charge >= 0.3 is 0 Å². The Morgan fingerprint density at radius 1 is 1.04 bits per heavy atom. The van der Waals surface area contributed by atoms with Crippen LogP contribution in [-0.2, 0) is 11.4 Å². The van der Waals surface area contributed by atoms with Crippen molar-refractivity contribution in [1.82, 2.24) is 9.80 Å². The van der Waals surface area contributed by atoms with Crippen LogP contribution in [0.3, 0.4) is 0 Å². The minimum absolute atomic E-state index is 0.124. The minimum Gasteiger partial charge on any atom is -0.490 e. The highest BCUT2D eigenvalue weighted by atomic mass is 79.9. The van der Waals surface area contributed by atoms with E-state index >= 15 is 0 Å². The number of carbonyl (C=O) groups is 1. The molecule has 2 aromatic carbocycles. The summed E-state index contributed by atoms with van der Waals surface area (Å²) in [5.74, 6) is 1.17. The molecule has 0 aliphatic carbocycles. The van der Waals surface area contributed by atoms with Gasteiger partial charge in [0.25, 0.3) is 5.91 Å². The lowest BCUT2D eigenvalue weighted by atomic mass is 10.1. The van der Waals surface area contributed by atoms with Crippen molar-refractivity contribution in [2.24, 2.45) is 0 Å². The van der Waals surface area contributed by atoms with E-state index < -0.39 is 0 Å². The van der Waals surface area contributed by atoms with E-state index in [1.54, 1.807) is 25.1 Å². The van der Waals surface area contributed by atoms with Gasteiger partial charge in [-0.1, -0.05) is 34.1 Å². The van der Waals surface area contributed by atoms with Gasteiger partial charge in [-0.15, -0.1) is 0 Å². The first-order valence-electron chi connectivity index (χ1n) is 8.82. The average Bonchev–Trinajstić information content (AvgIpc) is 2.87. The largest absolute Gasteiger partial charge is 0.490 e. The molecule has 2 aromatic rings. The van der Waals surface area contributed by atoms with Gasteiger partial charge in [0.15, 0.2) is 16.6 Å². The molecule has 1 saturated heterocycles. The van der Waals surface area contributed by atoms with Crippen LogP contribution in [0.15, 0.2) is 52.6 Å². The lowest BCUT2D eigenvalue weighted by Crippen LogP contribution is -2.26. The third-order valence-electron chi connectivity index (χ3n) is 4.34. The summed E-state index contributed by atoms with van der Waals surface area (Å²) in [7, 11) is 3.46. The highest BCUT2D eigenvalue weighted by Crippen LogP contribution is 2.31. The Kier molecular flexibility index (Phi) is 6.36. The second kappa shape index (κ2) is 8.75. The Balaban J connectivity index is 1.82. The van der Waals surface area contributed by atoms with E-state index in [0.717, 1.165) is 15.6 Å². The second-order valence-corrected chi connectivity index (χ2v) is 7.57. The maximum Gasteiger partial charge on any atom is 0.276 e. The molecule has 0 radical (unpaired) electrons. The van der Waals surface area contributed by atoms with Gasteiger partial charge in [-0.05, 0) is 60.6 Å². The Hall–Kier alpha value is -2.38. The number of rotatable bonds is 6. The molecule has 0 spiro atoms. The molecule has 1 heterocycles. The molecule has 1 fully saturated rings. The van der Waals surface area contributed by atoms with Crippen LogP contribution in [0.2, 0.25) is 0 Å². The normalized spacial score (nSPS) is 15.5. The van der Waals surface area contributed by atoms with Crippen molar-refractivity contribution in [2.45, 2.75) is 13.5 Å². The summed E-state index contributed by atoms with van der Waals surface area (Å²) >= 11 is 8.68. The molecule has 28 heavy (non-hydrogen) atoms. The fraction of sp³-hybridized carbons (Fsp3) is 0.238. The Morgan fingerprint density at radius 2 is 1.75 bits per heavy atom. The molecule has 1 amide bonds. The van der Waals surface area contributed by atoms with Gasteiger partial charge in [0.05, 0.1) is 6.61 Å². The number of benzene rings is 2. The number of carbonyl (C=O) groups excluding carboxylic acids is 1. The third-order valence-corrected chi connectivity index (χ3v) is 5.41. The van der Waals surface area contributed by atoms with E-state index in [2.05, 4.69) is 15.9 Å². The van der Waals surface area contributed by atoms with E-state index in [1.165, 1.54) is 4.90 Å². The van der Waals surface area contributed by atoms with Gasteiger partial charge in [-0.2, -0.15) is 0 Å². The van der Waals surface area contributed by atoms with Gasteiger partial charge < -0.3 is 14.4 Å². The number of nitrogens with zero attached hydrogens (tertiary/aromatic N) is 2. The molecule has 0 atom stereocenters. The van der Waals surface area contributed by atoms with Crippen molar-refractivity contribution in [1.29, 1.82) is 0 Å². The van der Waals surface area contributed by atoms with Gasteiger partial charge in [0, 0.05) is 18.6 Å². The molecule has 3 rings (SSSR count). The topological polar surface area (TPSA) is 42.0 Å². The summed E-state index contributed by atoms with van der Waals surface area (Å²) in [4.78, 5) is 15.5. The Morgan fingerprint density at radius 3 is 2.36 bits per heavy atom. The highest BCUT2D eigenvalue weighted by Gasteiger charge is 2.32. The van der Waals surface area contributed by atoms with Crippen molar-refractivity contribution >= 4 is 45.2 Å². The standard InChI is InChI=1S/C21H21BrN2O3S/c1-4-26-19-12-15(11-17-20(25)24(3)21(28)23(17)2)7-10-18(19)27-13-14-5-8-16(22)9-6-14/h5-12H,4,13H2,1-3H3. The first kappa shape index (κ1) is 20.4. The smallest absolute Gasteiger partial charge is 0.276 e. The molecular formula is C21H21BrN2O3S. The molecule has 7 heteroatoms. The van der Waals surface area contributed by atoms with Gasteiger partial charge in [0.1, 0.15) is 12.3 Å². The number of hydrogen-bond donors (Lipinski definition) is 0. The van der Waals surface area contributed by atoms with Crippen molar-refractivity contribution in [2.75, 3.05) is 20.7 Å². The fourth-order valence-corrected chi connectivity index (χ4v) is 3.24. The first-order valence-corrected chi connectivity index (χ1v) is 10.0. The zero-order chi connectivity index (χ0) is 20.3. The maximum atomic E-state index is 12.4. The van der Waals surface area contributed by atoms with Gasteiger partial charge in [-0.25, -0.2) is 0 Å². The van der Waals surface area contributed by atoms with Crippen LogP contribution in [0.4, 0.5) is 0 Å². The summed E-state index contributed by atoms with van der Waals surface area (Å²) in [6.45, 7) is 2.87. The van der Waals surface area contributed by atoms with E-state index in [-0.39, 0.29) is 5.91 Å². The lowest BCUT2D eigenvalue weighted by molar-refractivity contribution is -0.121. The molecule has 0 N–H and O–H groups in total. The molecule has 0 aromatic heterocycles. The summed E-state index contributed by atoms with van der Waals surface area (Å²) in [5.41, 5.74) is 2.43.